The highest BCUT2D eigenvalue weighted by Crippen LogP contribution is 2.05. The molecular weight excluding hydrogens is 266 g/mol. The number of nitrogens with zero attached hydrogens (tertiary/aromatic N) is 5. The van der Waals surface area contributed by atoms with Gasteiger partial charge < -0.3 is 11.5 Å². The van der Waals surface area contributed by atoms with Crippen LogP contribution in [0, 0.1) is 0 Å². The summed E-state index contributed by atoms with van der Waals surface area (Å²) in [4.78, 5) is 43.3. The lowest BCUT2D eigenvalue weighted by Crippen LogP contribution is -2.40. The minimum Gasteiger partial charge on any atom is -0.370 e. The third kappa shape index (κ3) is 1.96. The van der Waals surface area contributed by atoms with Gasteiger partial charge in [0.05, 0.1) is 0 Å². The van der Waals surface area contributed by atoms with Crippen LogP contribution >= 0.6 is 0 Å². The van der Waals surface area contributed by atoms with Gasteiger partial charge in [0.15, 0.2) is 17.1 Å². The van der Waals surface area contributed by atoms with Crippen molar-refractivity contribution in [3.05, 3.63) is 27.2 Å². The van der Waals surface area contributed by atoms with Gasteiger partial charge in [0.25, 0.3) is 5.56 Å². The first kappa shape index (κ1) is 13.5. The second-order valence-electron chi connectivity index (χ2n) is 4.10. The maximum Gasteiger partial charge on any atom is 0.334 e. The van der Waals surface area contributed by atoms with Gasteiger partial charge in [0, 0.05) is 14.0 Å². The van der Waals surface area contributed by atoms with Crippen molar-refractivity contribution >= 4 is 23.0 Å². The lowest BCUT2D eigenvalue weighted by Gasteiger charge is -2.06. The number of hydrogen-bond donors (Lipinski definition) is 2. The molecule has 2 rings (SSSR count). The van der Waals surface area contributed by atoms with E-state index in [0.29, 0.717) is 0 Å². The quantitative estimate of drug-likeness (QED) is 0.471. The van der Waals surface area contributed by atoms with Crippen LogP contribution in [-0.2, 0) is 13.7 Å². The summed E-state index contributed by atoms with van der Waals surface area (Å²) in [5.74, 6) is -0.643. The van der Waals surface area contributed by atoms with Crippen LogP contribution in [0.15, 0.2) is 20.9 Å². The molecule has 2 aromatic rings. The number of aryl methyl sites for hydroxylation is 1. The first-order valence-corrected chi connectivity index (χ1v) is 5.57. The molecular formula is C10H13N7O3. The van der Waals surface area contributed by atoms with Crippen LogP contribution in [0.2, 0.25) is 0 Å². The smallest absolute Gasteiger partial charge is 0.334 e. The van der Waals surface area contributed by atoms with Gasteiger partial charge in [-0.05, 0) is 0 Å². The number of aromatic nitrogens is 4. The van der Waals surface area contributed by atoms with Gasteiger partial charge in [-0.25, -0.2) is 19.3 Å². The molecule has 0 bridgehead atoms. The molecule has 2 heterocycles. The van der Waals surface area contributed by atoms with Crippen molar-refractivity contribution < 1.29 is 4.79 Å². The number of imidazole rings is 1. The summed E-state index contributed by atoms with van der Waals surface area (Å²) >= 11 is 0. The third-order valence-corrected chi connectivity index (χ3v) is 2.77. The summed E-state index contributed by atoms with van der Waals surface area (Å²) in [5, 5.41) is 0. The Bertz CT molecular complexity index is 835. The van der Waals surface area contributed by atoms with Crippen LogP contribution in [0.1, 0.15) is 11.7 Å². The molecule has 0 amide bonds. The molecule has 0 radical (unpaired) electrons. The Hall–Kier alpha value is -2.91. The standard InChI is InChI=1S/C10H13N7O3/c1-5(18)16-3-13-7-6(16)8(19)17(4-14-9(11)12)10(20)15(7)2/h3H,4H2,1-2H3,(H4,11,12,14). The van der Waals surface area contributed by atoms with Gasteiger partial charge in [0.1, 0.15) is 13.0 Å². The summed E-state index contributed by atoms with van der Waals surface area (Å²) in [6, 6.07) is 0. The van der Waals surface area contributed by atoms with Crippen molar-refractivity contribution in [2.24, 2.45) is 23.5 Å². The van der Waals surface area contributed by atoms with E-state index in [-0.39, 0.29) is 23.8 Å². The molecule has 106 valence electrons. The Balaban J connectivity index is 2.86. The van der Waals surface area contributed by atoms with Gasteiger partial charge in [-0.15, -0.1) is 0 Å². The van der Waals surface area contributed by atoms with Crippen molar-refractivity contribution in [3.8, 4) is 0 Å². The first-order chi connectivity index (χ1) is 9.34. The largest absolute Gasteiger partial charge is 0.370 e. The minimum atomic E-state index is -0.680. The number of aliphatic imine (C=N–C) groups is 1. The van der Waals surface area contributed by atoms with E-state index in [4.69, 9.17) is 11.5 Å². The zero-order valence-corrected chi connectivity index (χ0v) is 10.9. The van der Waals surface area contributed by atoms with Crippen molar-refractivity contribution in [2.45, 2.75) is 13.6 Å². The van der Waals surface area contributed by atoms with Crippen LogP contribution in [0.5, 0.6) is 0 Å². The Morgan fingerprint density at radius 3 is 2.60 bits per heavy atom. The Kier molecular flexibility index (Phi) is 3.14. The zero-order chi connectivity index (χ0) is 15.0. The van der Waals surface area contributed by atoms with Gasteiger partial charge in [-0.3, -0.25) is 18.7 Å². The lowest BCUT2D eigenvalue weighted by atomic mass is 10.5. The van der Waals surface area contributed by atoms with Crippen LogP contribution in [0.25, 0.3) is 11.2 Å². The topological polar surface area (TPSA) is 143 Å². The summed E-state index contributed by atoms with van der Waals surface area (Å²) in [6.45, 7) is 0.957. The van der Waals surface area contributed by atoms with Gasteiger partial charge in [0.2, 0.25) is 5.91 Å². The molecule has 0 aliphatic carbocycles. The number of carbonyl (C=O) groups is 1. The molecule has 2 aromatic heterocycles. The molecule has 0 aliphatic heterocycles. The average molecular weight is 279 g/mol. The highest BCUT2D eigenvalue weighted by molar-refractivity contribution is 5.87. The average Bonchev–Trinajstić information content (AvgIpc) is 2.80. The Morgan fingerprint density at radius 1 is 1.40 bits per heavy atom. The molecule has 0 saturated heterocycles. The molecule has 0 aliphatic rings. The number of nitrogens with two attached hydrogens (primary N) is 2. The fraction of sp³-hybridized carbons (Fsp3) is 0.300. The van der Waals surface area contributed by atoms with Gasteiger partial charge in [-0.2, -0.15) is 0 Å². The number of guanidine groups is 1. The fourth-order valence-electron chi connectivity index (χ4n) is 1.79. The first-order valence-electron chi connectivity index (χ1n) is 5.57. The van der Waals surface area contributed by atoms with E-state index < -0.39 is 17.2 Å². The van der Waals surface area contributed by atoms with Crippen molar-refractivity contribution in [1.82, 2.24) is 18.7 Å². The van der Waals surface area contributed by atoms with Gasteiger partial charge in [-0.1, -0.05) is 0 Å². The third-order valence-electron chi connectivity index (χ3n) is 2.77. The summed E-state index contributed by atoms with van der Waals surface area (Å²) < 4.78 is 3.05. The molecule has 0 atom stereocenters. The lowest BCUT2D eigenvalue weighted by molar-refractivity contribution is 0.0940. The van der Waals surface area contributed by atoms with Crippen molar-refractivity contribution in [3.63, 3.8) is 0 Å². The number of hydrogen-bond acceptors (Lipinski definition) is 5. The predicted octanol–water partition coefficient (Wildman–Crippen LogP) is -2.21. The van der Waals surface area contributed by atoms with E-state index in [2.05, 4.69) is 9.98 Å². The van der Waals surface area contributed by atoms with Crippen LogP contribution in [0.3, 0.4) is 0 Å². The van der Waals surface area contributed by atoms with Crippen LogP contribution < -0.4 is 22.7 Å². The highest BCUT2D eigenvalue weighted by Gasteiger charge is 2.17. The second kappa shape index (κ2) is 4.64. The SMILES string of the molecule is CC(=O)n1cnc2c1c(=O)n(CN=C(N)N)c(=O)n2C. The van der Waals surface area contributed by atoms with E-state index in [1.807, 2.05) is 0 Å². The molecule has 0 spiro atoms. The molecule has 0 saturated carbocycles. The van der Waals surface area contributed by atoms with E-state index in [1.165, 1.54) is 20.3 Å². The zero-order valence-electron chi connectivity index (χ0n) is 10.9. The van der Waals surface area contributed by atoms with E-state index >= 15 is 0 Å². The molecule has 0 aromatic carbocycles. The highest BCUT2D eigenvalue weighted by atomic mass is 16.2. The number of fused-ring (bicyclic) bond motifs is 1. The number of carbonyl (C=O) groups excluding carboxylic acids is 1. The minimum absolute atomic E-state index is 0.00499. The molecule has 10 heteroatoms. The van der Waals surface area contributed by atoms with Gasteiger partial charge >= 0.3 is 5.69 Å². The maximum atomic E-state index is 12.3. The van der Waals surface area contributed by atoms with Crippen LogP contribution in [0.4, 0.5) is 0 Å². The fourth-order valence-corrected chi connectivity index (χ4v) is 1.79. The summed E-state index contributed by atoms with van der Waals surface area (Å²) in [6.07, 6.45) is 1.19. The summed E-state index contributed by atoms with van der Waals surface area (Å²) in [7, 11) is 1.44. The molecule has 20 heavy (non-hydrogen) atoms. The molecule has 4 N–H and O–H groups in total. The molecule has 0 fully saturated rings. The predicted molar refractivity (Wildman–Crippen MR) is 71.3 cm³/mol. The van der Waals surface area contributed by atoms with E-state index in [9.17, 15) is 14.4 Å². The Morgan fingerprint density at radius 2 is 2.05 bits per heavy atom. The number of rotatable bonds is 2. The molecule has 10 nitrogen and oxygen atoms in total. The van der Waals surface area contributed by atoms with Crippen molar-refractivity contribution in [1.29, 1.82) is 0 Å². The van der Waals surface area contributed by atoms with E-state index in [1.54, 1.807) is 0 Å². The monoisotopic (exact) mass is 279 g/mol. The summed E-state index contributed by atoms with van der Waals surface area (Å²) in [5.41, 5.74) is 9.19. The maximum absolute atomic E-state index is 12.3. The normalized spacial score (nSPS) is 10.7. The van der Waals surface area contributed by atoms with Crippen molar-refractivity contribution in [2.75, 3.05) is 0 Å². The van der Waals surface area contributed by atoms with Crippen LogP contribution in [-0.4, -0.2) is 30.6 Å². The second-order valence-corrected chi connectivity index (χ2v) is 4.10. The Labute approximate surface area is 111 Å². The molecule has 0 unspecified atom stereocenters. The van der Waals surface area contributed by atoms with E-state index in [0.717, 1.165) is 13.7 Å².